The van der Waals surface area contributed by atoms with Gasteiger partial charge in [-0.1, -0.05) is 45.4 Å². The number of hydrogen-bond acceptors (Lipinski definition) is 3. The van der Waals surface area contributed by atoms with Crippen molar-refractivity contribution in [3.05, 3.63) is 29.8 Å². The molecule has 0 radical (unpaired) electrons. The first-order chi connectivity index (χ1) is 12.0. The molecule has 1 aromatic carbocycles. The van der Waals surface area contributed by atoms with Gasteiger partial charge in [0.15, 0.2) is 0 Å². The molecule has 25 heavy (non-hydrogen) atoms. The molecule has 4 nitrogen and oxygen atoms in total. The molecule has 1 aliphatic rings. The topological polar surface area (TPSA) is 32.8 Å². The van der Waals surface area contributed by atoms with Gasteiger partial charge in [-0.15, -0.1) is 0 Å². The van der Waals surface area contributed by atoms with Gasteiger partial charge in [0, 0.05) is 31.9 Å². The fourth-order valence-electron chi connectivity index (χ4n) is 3.85. The van der Waals surface area contributed by atoms with Gasteiger partial charge in [0.2, 0.25) is 0 Å². The Labute approximate surface area is 153 Å². The molecule has 0 aromatic heterocycles. The average Bonchev–Trinajstić information content (AvgIpc) is 2.61. The monoisotopic (exact) mass is 346 g/mol. The van der Waals surface area contributed by atoms with Crippen LogP contribution in [0.2, 0.25) is 0 Å². The van der Waals surface area contributed by atoms with Crippen LogP contribution in [0.5, 0.6) is 0 Å². The maximum absolute atomic E-state index is 11.7. The second-order valence-corrected chi connectivity index (χ2v) is 7.84. The van der Waals surface area contributed by atoms with E-state index in [2.05, 4.69) is 49.9 Å². The summed E-state index contributed by atoms with van der Waals surface area (Å²) in [6, 6.07) is 8.74. The highest BCUT2D eigenvalue weighted by Gasteiger charge is 2.23. The van der Waals surface area contributed by atoms with Crippen LogP contribution in [0.4, 0.5) is 10.5 Å². The van der Waals surface area contributed by atoms with E-state index in [0.717, 1.165) is 32.6 Å². The molecule has 0 unspecified atom stereocenters. The predicted molar refractivity (Wildman–Crippen MR) is 104 cm³/mol. The van der Waals surface area contributed by atoms with E-state index in [1.165, 1.54) is 44.0 Å². The third kappa shape index (κ3) is 5.65. The Kier molecular flexibility index (Phi) is 7.15. The number of para-hydroxylation sites is 1. The molecule has 1 fully saturated rings. The molecule has 0 saturated carbocycles. The van der Waals surface area contributed by atoms with Crippen molar-refractivity contribution in [1.29, 1.82) is 0 Å². The molecule has 140 valence electrons. The zero-order chi connectivity index (χ0) is 18.3. The third-order valence-electron chi connectivity index (χ3n) is 5.27. The molecule has 0 bridgehead atoms. The molecular weight excluding hydrogens is 312 g/mol. The molecule has 0 N–H and O–H groups in total. The second kappa shape index (κ2) is 9.12. The Morgan fingerprint density at radius 3 is 2.44 bits per heavy atom. The van der Waals surface area contributed by atoms with E-state index >= 15 is 0 Å². The maximum atomic E-state index is 11.7. The van der Waals surface area contributed by atoms with Crippen LogP contribution in [0.1, 0.15) is 52.0 Å². The third-order valence-corrected chi connectivity index (χ3v) is 5.27. The predicted octanol–water partition coefficient (Wildman–Crippen LogP) is 4.72. The molecule has 2 rings (SSSR count). The van der Waals surface area contributed by atoms with Crippen LogP contribution >= 0.6 is 0 Å². The minimum Gasteiger partial charge on any atom is -0.453 e. The number of carbonyl (C=O) groups is 1. The molecule has 0 atom stereocenters. The molecular formula is C21H34N2O2. The smallest absolute Gasteiger partial charge is 0.409 e. The largest absolute Gasteiger partial charge is 0.453 e. The van der Waals surface area contributed by atoms with Crippen molar-refractivity contribution in [2.45, 2.75) is 52.9 Å². The molecule has 1 heterocycles. The first-order valence-electron chi connectivity index (χ1n) is 9.62. The van der Waals surface area contributed by atoms with Gasteiger partial charge >= 0.3 is 6.09 Å². The summed E-state index contributed by atoms with van der Waals surface area (Å²) >= 11 is 0. The average molecular weight is 347 g/mol. The van der Waals surface area contributed by atoms with Gasteiger partial charge < -0.3 is 14.5 Å². The summed E-state index contributed by atoms with van der Waals surface area (Å²) < 4.78 is 4.83. The Morgan fingerprint density at radius 1 is 1.12 bits per heavy atom. The first kappa shape index (κ1) is 19.6. The fourth-order valence-corrected chi connectivity index (χ4v) is 3.85. The van der Waals surface area contributed by atoms with Crippen LogP contribution in [0.3, 0.4) is 0 Å². The zero-order valence-electron chi connectivity index (χ0n) is 16.4. The summed E-state index contributed by atoms with van der Waals surface area (Å²) in [5.74, 6) is 0. The molecule has 1 aliphatic heterocycles. The molecule has 1 aromatic rings. The number of hydrogen-bond donors (Lipinski definition) is 0. The lowest BCUT2D eigenvalue weighted by Gasteiger charge is -2.36. The number of rotatable bonds is 7. The SMILES string of the molecule is CCCC(C)(C)CCCc1ccccc1N1CCN(C(=O)OC)CC1. The zero-order valence-corrected chi connectivity index (χ0v) is 16.4. The van der Waals surface area contributed by atoms with Crippen molar-refractivity contribution in [2.24, 2.45) is 5.41 Å². The summed E-state index contributed by atoms with van der Waals surface area (Å²) in [4.78, 5) is 15.8. The molecule has 1 amide bonds. The van der Waals surface area contributed by atoms with Gasteiger partial charge in [-0.3, -0.25) is 0 Å². The van der Waals surface area contributed by atoms with Gasteiger partial charge in [-0.2, -0.15) is 0 Å². The highest BCUT2D eigenvalue weighted by molar-refractivity contribution is 5.68. The number of nitrogens with zero attached hydrogens (tertiary/aromatic N) is 2. The first-order valence-corrected chi connectivity index (χ1v) is 9.62. The number of ether oxygens (including phenoxy) is 1. The number of piperazine rings is 1. The second-order valence-electron chi connectivity index (χ2n) is 7.84. The number of aryl methyl sites for hydroxylation is 1. The highest BCUT2D eigenvalue weighted by atomic mass is 16.5. The number of amides is 1. The van der Waals surface area contributed by atoms with E-state index in [4.69, 9.17) is 4.74 Å². The van der Waals surface area contributed by atoms with Gasteiger partial charge in [0.25, 0.3) is 0 Å². The van der Waals surface area contributed by atoms with Crippen molar-refractivity contribution < 1.29 is 9.53 Å². The number of carbonyl (C=O) groups excluding carboxylic acids is 1. The van der Waals surface area contributed by atoms with Crippen LogP contribution < -0.4 is 4.90 Å². The van der Waals surface area contributed by atoms with E-state index in [-0.39, 0.29) is 6.09 Å². The maximum Gasteiger partial charge on any atom is 0.409 e. The van der Waals surface area contributed by atoms with Gasteiger partial charge in [0.05, 0.1) is 7.11 Å². The van der Waals surface area contributed by atoms with E-state index in [9.17, 15) is 4.79 Å². The van der Waals surface area contributed by atoms with Crippen LogP contribution in [-0.2, 0) is 11.2 Å². The molecule has 0 aliphatic carbocycles. The summed E-state index contributed by atoms with van der Waals surface area (Å²) in [7, 11) is 1.45. The van der Waals surface area contributed by atoms with Gasteiger partial charge in [-0.25, -0.2) is 4.79 Å². The van der Waals surface area contributed by atoms with E-state index in [1.54, 1.807) is 4.90 Å². The van der Waals surface area contributed by atoms with Crippen molar-refractivity contribution in [3.63, 3.8) is 0 Å². The number of benzene rings is 1. The van der Waals surface area contributed by atoms with Crippen LogP contribution in [-0.4, -0.2) is 44.3 Å². The lowest BCUT2D eigenvalue weighted by Crippen LogP contribution is -2.49. The van der Waals surface area contributed by atoms with Crippen LogP contribution in [0, 0.1) is 5.41 Å². The van der Waals surface area contributed by atoms with Crippen LogP contribution in [0.15, 0.2) is 24.3 Å². The number of methoxy groups -OCH3 is 1. The van der Waals surface area contributed by atoms with Crippen molar-refractivity contribution >= 4 is 11.8 Å². The van der Waals surface area contributed by atoms with Gasteiger partial charge in [0.1, 0.15) is 0 Å². The van der Waals surface area contributed by atoms with Crippen molar-refractivity contribution in [1.82, 2.24) is 4.90 Å². The minimum atomic E-state index is -0.217. The van der Waals surface area contributed by atoms with E-state index in [1.807, 2.05) is 0 Å². The fraction of sp³-hybridized carbons (Fsp3) is 0.667. The van der Waals surface area contributed by atoms with E-state index in [0.29, 0.717) is 5.41 Å². The molecule has 1 saturated heterocycles. The minimum absolute atomic E-state index is 0.217. The Bertz CT molecular complexity index is 549. The normalized spacial score (nSPS) is 15.4. The lowest BCUT2D eigenvalue weighted by molar-refractivity contribution is 0.121. The quantitative estimate of drug-likeness (QED) is 0.716. The standard InChI is InChI=1S/C21H34N2O2/c1-5-12-21(2,3)13-8-10-18-9-6-7-11-19(18)22-14-16-23(17-15-22)20(24)25-4/h6-7,9,11H,5,8,10,12-17H2,1-4H3. The summed E-state index contributed by atoms with van der Waals surface area (Å²) in [6.07, 6.45) is 5.96. The van der Waals surface area contributed by atoms with E-state index < -0.39 is 0 Å². The van der Waals surface area contributed by atoms with Gasteiger partial charge in [-0.05, 0) is 42.7 Å². The van der Waals surface area contributed by atoms with Crippen LogP contribution in [0.25, 0.3) is 0 Å². The molecule has 4 heteroatoms. The Morgan fingerprint density at radius 2 is 1.80 bits per heavy atom. The van der Waals surface area contributed by atoms with Crippen molar-refractivity contribution in [2.75, 3.05) is 38.2 Å². The summed E-state index contributed by atoms with van der Waals surface area (Å²) in [5, 5.41) is 0. The Balaban J connectivity index is 1.94. The van der Waals surface area contributed by atoms with Crippen molar-refractivity contribution in [3.8, 4) is 0 Å². The Hall–Kier alpha value is -1.71. The lowest BCUT2D eigenvalue weighted by atomic mass is 9.82. The summed E-state index contributed by atoms with van der Waals surface area (Å²) in [6.45, 7) is 10.2. The summed E-state index contributed by atoms with van der Waals surface area (Å²) in [5.41, 5.74) is 3.21. The molecule has 0 spiro atoms. The number of anilines is 1. The highest BCUT2D eigenvalue weighted by Crippen LogP contribution is 2.30.